The Bertz CT molecular complexity index is 757. The van der Waals surface area contributed by atoms with Crippen molar-refractivity contribution in [1.29, 1.82) is 0 Å². The SMILES string of the molecule is CCOC(=O)c1cc(S(=O)(=O)Nc2cccc(F)c2)[nH]n1. The van der Waals surface area contributed by atoms with Gasteiger partial charge in [-0.1, -0.05) is 6.07 Å². The zero-order valence-corrected chi connectivity index (χ0v) is 11.8. The first-order valence-electron chi connectivity index (χ1n) is 5.93. The molecule has 0 bridgehead atoms. The highest BCUT2D eigenvalue weighted by atomic mass is 32.2. The number of anilines is 1. The van der Waals surface area contributed by atoms with Gasteiger partial charge in [-0.15, -0.1) is 0 Å². The van der Waals surface area contributed by atoms with Crippen LogP contribution < -0.4 is 4.72 Å². The minimum atomic E-state index is -4.00. The predicted molar refractivity (Wildman–Crippen MR) is 71.8 cm³/mol. The third kappa shape index (κ3) is 3.57. The van der Waals surface area contributed by atoms with E-state index in [1.54, 1.807) is 6.92 Å². The molecule has 1 aromatic carbocycles. The normalized spacial score (nSPS) is 11.1. The van der Waals surface area contributed by atoms with Gasteiger partial charge < -0.3 is 4.74 Å². The molecule has 0 unspecified atom stereocenters. The fraction of sp³-hybridized carbons (Fsp3) is 0.167. The van der Waals surface area contributed by atoms with Gasteiger partial charge in [0, 0.05) is 6.07 Å². The Morgan fingerprint density at radius 1 is 1.43 bits per heavy atom. The fourth-order valence-electron chi connectivity index (χ4n) is 1.51. The summed E-state index contributed by atoms with van der Waals surface area (Å²) in [5.74, 6) is -1.31. The lowest BCUT2D eigenvalue weighted by molar-refractivity contribution is 0.0519. The maximum atomic E-state index is 13.0. The molecule has 0 aliphatic rings. The Morgan fingerprint density at radius 3 is 2.86 bits per heavy atom. The summed E-state index contributed by atoms with van der Waals surface area (Å²) >= 11 is 0. The van der Waals surface area contributed by atoms with Crippen LogP contribution in [0.25, 0.3) is 0 Å². The van der Waals surface area contributed by atoms with E-state index in [2.05, 4.69) is 14.9 Å². The molecule has 0 aliphatic heterocycles. The van der Waals surface area contributed by atoms with Crippen molar-refractivity contribution >= 4 is 21.7 Å². The number of H-pyrrole nitrogens is 1. The first kappa shape index (κ1) is 15.0. The van der Waals surface area contributed by atoms with E-state index in [0.29, 0.717) is 0 Å². The lowest BCUT2D eigenvalue weighted by Crippen LogP contribution is -2.13. The Hall–Kier alpha value is -2.42. The number of esters is 1. The van der Waals surface area contributed by atoms with Crippen molar-refractivity contribution in [2.45, 2.75) is 11.9 Å². The highest BCUT2D eigenvalue weighted by Gasteiger charge is 2.20. The molecule has 0 atom stereocenters. The summed E-state index contributed by atoms with van der Waals surface area (Å²) in [6.45, 7) is 1.77. The van der Waals surface area contributed by atoms with Crippen LogP contribution in [0.4, 0.5) is 10.1 Å². The van der Waals surface area contributed by atoms with Gasteiger partial charge in [-0.2, -0.15) is 13.5 Å². The van der Waals surface area contributed by atoms with Gasteiger partial charge in [-0.25, -0.2) is 9.18 Å². The second-order valence-corrected chi connectivity index (χ2v) is 5.60. The molecule has 0 radical (unpaired) electrons. The van der Waals surface area contributed by atoms with Crippen molar-refractivity contribution in [3.8, 4) is 0 Å². The molecule has 21 heavy (non-hydrogen) atoms. The van der Waals surface area contributed by atoms with Crippen molar-refractivity contribution in [1.82, 2.24) is 10.2 Å². The summed E-state index contributed by atoms with van der Waals surface area (Å²) in [6, 6.07) is 6.01. The number of nitrogens with zero attached hydrogens (tertiary/aromatic N) is 1. The van der Waals surface area contributed by atoms with Crippen LogP contribution in [0.5, 0.6) is 0 Å². The molecule has 0 spiro atoms. The molecule has 9 heteroatoms. The number of sulfonamides is 1. The molecular formula is C12H12FN3O4S. The van der Waals surface area contributed by atoms with E-state index in [-0.39, 0.29) is 23.0 Å². The summed E-state index contributed by atoms with van der Waals surface area (Å²) in [6.07, 6.45) is 0. The van der Waals surface area contributed by atoms with Gasteiger partial charge in [0.05, 0.1) is 12.3 Å². The zero-order valence-electron chi connectivity index (χ0n) is 11.0. The van der Waals surface area contributed by atoms with Crippen LogP contribution in [0.1, 0.15) is 17.4 Å². The van der Waals surface area contributed by atoms with Gasteiger partial charge in [0.25, 0.3) is 10.0 Å². The Morgan fingerprint density at radius 2 is 2.19 bits per heavy atom. The number of rotatable bonds is 5. The Kier molecular flexibility index (Phi) is 4.22. The summed E-state index contributed by atoms with van der Waals surface area (Å²) < 4.78 is 44.0. The van der Waals surface area contributed by atoms with Crippen LogP contribution in [-0.2, 0) is 14.8 Å². The molecule has 2 rings (SSSR count). The van der Waals surface area contributed by atoms with Gasteiger partial charge in [0.1, 0.15) is 5.82 Å². The molecule has 0 fully saturated rings. The monoisotopic (exact) mass is 313 g/mol. The van der Waals surface area contributed by atoms with Crippen molar-refractivity contribution in [2.75, 3.05) is 11.3 Å². The second-order valence-electron chi connectivity index (χ2n) is 3.95. The lowest BCUT2D eigenvalue weighted by Gasteiger charge is -2.05. The molecule has 7 nitrogen and oxygen atoms in total. The molecule has 2 N–H and O–H groups in total. The van der Waals surface area contributed by atoms with Crippen molar-refractivity contribution < 1.29 is 22.3 Å². The zero-order chi connectivity index (χ0) is 15.5. The van der Waals surface area contributed by atoms with Crippen LogP contribution in [0.3, 0.4) is 0 Å². The lowest BCUT2D eigenvalue weighted by atomic mass is 10.3. The number of nitrogens with one attached hydrogen (secondary N) is 2. The van der Waals surface area contributed by atoms with Gasteiger partial charge in [0.15, 0.2) is 10.7 Å². The van der Waals surface area contributed by atoms with Gasteiger partial charge in [-0.05, 0) is 25.1 Å². The van der Waals surface area contributed by atoms with Crippen LogP contribution in [0.15, 0.2) is 35.4 Å². The summed E-state index contributed by atoms with van der Waals surface area (Å²) in [5, 5.41) is 5.47. The van der Waals surface area contributed by atoms with Crippen LogP contribution >= 0.6 is 0 Å². The number of hydrogen-bond acceptors (Lipinski definition) is 5. The molecular weight excluding hydrogens is 301 g/mol. The van der Waals surface area contributed by atoms with Gasteiger partial charge in [0.2, 0.25) is 0 Å². The largest absolute Gasteiger partial charge is 0.461 e. The molecule has 0 saturated carbocycles. The summed E-state index contributed by atoms with van der Waals surface area (Å²) in [7, 11) is -4.00. The third-order valence-electron chi connectivity index (χ3n) is 2.41. The molecule has 0 amide bonds. The van der Waals surface area contributed by atoms with Crippen LogP contribution in [0, 0.1) is 5.82 Å². The average molecular weight is 313 g/mol. The second kappa shape index (κ2) is 5.92. The highest BCUT2D eigenvalue weighted by Crippen LogP contribution is 2.16. The average Bonchev–Trinajstić information content (AvgIpc) is 2.89. The molecule has 1 heterocycles. The van der Waals surface area contributed by atoms with Crippen molar-refractivity contribution in [2.24, 2.45) is 0 Å². The van der Waals surface area contributed by atoms with Crippen molar-refractivity contribution in [3.05, 3.63) is 41.8 Å². The minimum absolute atomic E-state index is 0.0577. The number of carbonyl (C=O) groups excluding carboxylic acids is 1. The van der Waals surface area contributed by atoms with E-state index in [9.17, 15) is 17.6 Å². The number of aromatic amines is 1. The predicted octanol–water partition coefficient (Wildman–Crippen LogP) is 1.53. The Balaban J connectivity index is 2.22. The van der Waals surface area contributed by atoms with E-state index >= 15 is 0 Å². The number of benzene rings is 1. The van der Waals surface area contributed by atoms with E-state index in [1.165, 1.54) is 18.2 Å². The fourth-order valence-corrected chi connectivity index (χ4v) is 2.49. The number of carbonyl (C=O) groups is 1. The smallest absolute Gasteiger partial charge is 0.358 e. The van der Waals surface area contributed by atoms with E-state index in [0.717, 1.165) is 12.1 Å². The molecule has 1 aromatic heterocycles. The van der Waals surface area contributed by atoms with Gasteiger partial charge >= 0.3 is 5.97 Å². The van der Waals surface area contributed by atoms with E-state index in [1.807, 2.05) is 0 Å². The summed E-state index contributed by atoms with van der Waals surface area (Å²) in [5.41, 5.74) is -0.0984. The number of hydrogen-bond donors (Lipinski definition) is 2. The standard InChI is InChI=1S/C12H12FN3O4S/c1-2-20-12(17)10-7-11(15-14-10)21(18,19)16-9-5-3-4-8(13)6-9/h3-7,16H,2H2,1H3,(H,14,15). The maximum Gasteiger partial charge on any atom is 0.358 e. The number of ether oxygens (including phenoxy) is 1. The minimum Gasteiger partial charge on any atom is -0.461 e. The van der Waals surface area contributed by atoms with Gasteiger partial charge in [-0.3, -0.25) is 9.82 Å². The van der Waals surface area contributed by atoms with Crippen molar-refractivity contribution in [3.63, 3.8) is 0 Å². The summed E-state index contributed by atoms with van der Waals surface area (Å²) in [4.78, 5) is 11.4. The highest BCUT2D eigenvalue weighted by molar-refractivity contribution is 7.92. The number of halogens is 1. The molecule has 0 saturated heterocycles. The first-order valence-corrected chi connectivity index (χ1v) is 7.41. The van der Waals surface area contributed by atoms with Crippen LogP contribution in [-0.4, -0.2) is 31.2 Å². The van der Waals surface area contributed by atoms with Crippen LogP contribution in [0.2, 0.25) is 0 Å². The topological polar surface area (TPSA) is 101 Å². The Labute approximate surface area is 120 Å². The first-order chi connectivity index (χ1) is 9.92. The molecule has 112 valence electrons. The quantitative estimate of drug-likeness (QED) is 0.815. The van der Waals surface area contributed by atoms with E-state index < -0.39 is 21.8 Å². The third-order valence-corrected chi connectivity index (χ3v) is 3.70. The molecule has 2 aromatic rings. The maximum absolute atomic E-state index is 13.0. The van der Waals surface area contributed by atoms with E-state index in [4.69, 9.17) is 4.74 Å². The molecule has 0 aliphatic carbocycles. The number of aromatic nitrogens is 2.